The first-order chi connectivity index (χ1) is 8.16. The number of hydrogen-bond donors (Lipinski definition) is 1. The number of benzene rings is 1. The summed E-state index contributed by atoms with van der Waals surface area (Å²) in [5.41, 5.74) is 8.71. The van der Waals surface area contributed by atoms with Crippen LogP contribution in [-0.2, 0) is 0 Å². The van der Waals surface area contributed by atoms with E-state index in [4.69, 9.17) is 5.73 Å². The largest absolute Gasteiger partial charge is 0.324 e. The average molecular weight is 296 g/mol. The van der Waals surface area contributed by atoms with Crippen molar-refractivity contribution in [2.45, 2.75) is 45.1 Å². The molecule has 0 aliphatic heterocycles. The average Bonchev–Trinajstić information content (AvgIpc) is 2.32. The van der Waals surface area contributed by atoms with E-state index in [1.165, 1.54) is 34.9 Å². The molecule has 94 valence electrons. The molecule has 0 amide bonds. The molecule has 0 fully saturated rings. The van der Waals surface area contributed by atoms with E-state index < -0.39 is 0 Å². The molecule has 1 aromatic carbocycles. The number of halogens is 1. The normalized spacial score (nSPS) is 12.4. The first kappa shape index (κ1) is 14.5. The Morgan fingerprint density at radius 1 is 1.35 bits per heavy atom. The van der Waals surface area contributed by atoms with Gasteiger partial charge in [-0.05, 0) is 37.3 Å². The van der Waals surface area contributed by atoms with E-state index in [9.17, 15) is 0 Å². The molecule has 0 heterocycles. The first-order valence-corrected chi connectivity index (χ1v) is 7.07. The van der Waals surface area contributed by atoms with Gasteiger partial charge >= 0.3 is 0 Å². The highest BCUT2D eigenvalue weighted by atomic mass is 79.9. The van der Waals surface area contributed by atoms with Crippen molar-refractivity contribution in [3.63, 3.8) is 0 Å². The van der Waals surface area contributed by atoms with Gasteiger partial charge in [-0.15, -0.1) is 6.58 Å². The minimum atomic E-state index is 0.146. The van der Waals surface area contributed by atoms with E-state index in [1.54, 1.807) is 0 Å². The van der Waals surface area contributed by atoms with Crippen molar-refractivity contribution in [3.8, 4) is 0 Å². The molecule has 17 heavy (non-hydrogen) atoms. The number of nitrogens with two attached hydrogens (primary N) is 1. The smallest absolute Gasteiger partial charge is 0.0306 e. The van der Waals surface area contributed by atoms with Gasteiger partial charge in [-0.1, -0.05) is 53.0 Å². The fraction of sp³-hybridized carbons (Fsp3) is 0.467. The van der Waals surface area contributed by atoms with E-state index >= 15 is 0 Å². The van der Waals surface area contributed by atoms with Gasteiger partial charge in [0.1, 0.15) is 0 Å². The highest BCUT2D eigenvalue weighted by molar-refractivity contribution is 9.10. The quantitative estimate of drug-likeness (QED) is 0.562. The Morgan fingerprint density at radius 2 is 2.12 bits per heavy atom. The minimum Gasteiger partial charge on any atom is -0.324 e. The summed E-state index contributed by atoms with van der Waals surface area (Å²) in [4.78, 5) is 0. The molecule has 0 saturated heterocycles. The summed E-state index contributed by atoms with van der Waals surface area (Å²) >= 11 is 3.62. The summed E-state index contributed by atoms with van der Waals surface area (Å²) in [6, 6.07) is 6.44. The van der Waals surface area contributed by atoms with Crippen molar-refractivity contribution in [2.75, 3.05) is 0 Å². The van der Waals surface area contributed by atoms with Crippen LogP contribution in [0.25, 0.3) is 0 Å². The van der Waals surface area contributed by atoms with E-state index in [0.717, 1.165) is 12.8 Å². The summed E-state index contributed by atoms with van der Waals surface area (Å²) in [6.45, 7) is 5.83. The third kappa shape index (κ3) is 4.64. The lowest BCUT2D eigenvalue weighted by Crippen LogP contribution is -2.11. The number of allylic oxidation sites excluding steroid dienone is 1. The molecule has 0 saturated carbocycles. The minimum absolute atomic E-state index is 0.146. The van der Waals surface area contributed by atoms with Gasteiger partial charge in [0, 0.05) is 10.5 Å². The molecule has 1 aromatic rings. The van der Waals surface area contributed by atoms with Crippen molar-refractivity contribution in [3.05, 3.63) is 46.5 Å². The maximum atomic E-state index is 6.23. The van der Waals surface area contributed by atoms with Crippen LogP contribution in [0.4, 0.5) is 0 Å². The molecule has 2 heteroatoms. The lowest BCUT2D eigenvalue weighted by Gasteiger charge is -2.15. The number of aryl methyl sites for hydroxylation is 1. The predicted molar refractivity (Wildman–Crippen MR) is 79.1 cm³/mol. The zero-order valence-electron chi connectivity index (χ0n) is 10.6. The molecule has 0 bridgehead atoms. The van der Waals surface area contributed by atoms with Crippen LogP contribution in [-0.4, -0.2) is 0 Å². The number of rotatable bonds is 7. The predicted octanol–water partition coefficient (Wildman–Crippen LogP) is 4.89. The Kier molecular flexibility index (Phi) is 6.53. The molecular formula is C15H22BrN. The Bertz CT molecular complexity index is 360. The fourth-order valence-corrected chi connectivity index (χ4v) is 2.50. The van der Waals surface area contributed by atoms with Crippen LogP contribution in [0.1, 0.15) is 49.3 Å². The standard InChI is InChI=1S/C15H22BrN/c1-3-4-5-6-7-11-14(17)13-10-8-9-12(2)15(13)16/h3,8-10,14H,1,4-7,11,17H2,2H3. The molecule has 1 unspecified atom stereocenters. The topological polar surface area (TPSA) is 26.0 Å². The van der Waals surface area contributed by atoms with E-state index in [0.29, 0.717) is 0 Å². The van der Waals surface area contributed by atoms with E-state index in [2.05, 4.69) is 47.6 Å². The van der Waals surface area contributed by atoms with Gasteiger partial charge in [-0.2, -0.15) is 0 Å². The second-order valence-corrected chi connectivity index (χ2v) is 5.30. The second-order valence-electron chi connectivity index (χ2n) is 4.51. The first-order valence-electron chi connectivity index (χ1n) is 6.28. The maximum absolute atomic E-state index is 6.23. The lowest BCUT2D eigenvalue weighted by molar-refractivity contribution is 0.571. The zero-order valence-corrected chi connectivity index (χ0v) is 12.2. The summed E-state index contributed by atoms with van der Waals surface area (Å²) in [6.07, 6.45) is 7.81. The SMILES string of the molecule is C=CCCCCCC(N)c1cccc(C)c1Br. The molecular weight excluding hydrogens is 274 g/mol. The Balaban J connectivity index is 2.44. The van der Waals surface area contributed by atoms with Gasteiger partial charge in [0.15, 0.2) is 0 Å². The highest BCUT2D eigenvalue weighted by Gasteiger charge is 2.10. The van der Waals surface area contributed by atoms with E-state index in [-0.39, 0.29) is 6.04 Å². The van der Waals surface area contributed by atoms with E-state index in [1.807, 2.05) is 6.08 Å². The molecule has 0 aliphatic carbocycles. The van der Waals surface area contributed by atoms with Crippen LogP contribution >= 0.6 is 15.9 Å². The van der Waals surface area contributed by atoms with Crippen LogP contribution in [0, 0.1) is 6.92 Å². The zero-order chi connectivity index (χ0) is 12.7. The van der Waals surface area contributed by atoms with Crippen molar-refractivity contribution in [1.82, 2.24) is 0 Å². The van der Waals surface area contributed by atoms with Gasteiger partial charge < -0.3 is 5.73 Å². The van der Waals surface area contributed by atoms with Gasteiger partial charge in [0.05, 0.1) is 0 Å². The second kappa shape index (κ2) is 7.67. The molecule has 1 nitrogen and oxygen atoms in total. The summed E-state index contributed by atoms with van der Waals surface area (Å²) in [5.74, 6) is 0. The van der Waals surface area contributed by atoms with Gasteiger partial charge in [0.2, 0.25) is 0 Å². The third-order valence-electron chi connectivity index (χ3n) is 3.04. The lowest BCUT2D eigenvalue weighted by atomic mass is 9.99. The summed E-state index contributed by atoms with van der Waals surface area (Å²) in [5, 5.41) is 0. The Labute approximate surface area is 113 Å². The molecule has 1 atom stereocenters. The van der Waals surface area contributed by atoms with Crippen molar-refractivity contribution in [2.24, 2.45) is 5.73 Å². The molecule has 2 N–H and O–H groups in total. The van der Waals surface area contributed by atoms with Crippen molar-refractivity contribution < 1.29 is 0 Å². The highest BCUT2D eigenvalue weighted by Crippen LogP contribution is 2.28. The van der Waals surface area contributed by atoms with Crippen LogP contribution in [0.5, 0.6) is 0 Å². The van der Waals surface area contributed by atoms with Crippen LogP contribution < -0.4 is 5.73 Å². The number of unbranched alkanes of at least 4 members (excludes halogenated alkanes) is 3. The van der Waals surface area contributed by atoms with Crippen LogP contribution in [0.15, 0.2) is 35.3 Å². The molecule has 0 radical (unpaired) electrons. The van der Waals surface area contributed by atoms with Gasteiger partial charge in [-0.25, -0.2) is 0 Å². The third-order valence-corrected chi connectivity index (χ3v) is 4.13. The Hall–Kier alpha value is -0.600. The molecule has 0 spiro atoms. The molecule has 1 rings (SSSR count). The van der Waals surface area contributed by atoms with Crippen molar-refractivity contribution >= 4 is 15.9 Å². The van der Waals surface area contributed by atoms with Gasteiger partial charge in [-0.3, -0.25) is 0 Å². The van der Waals surface area contributed by atoms with Crippen LogP contribution in [0.3, 0.4) is 0 Å². The maximum Gasteiger partial charge on any atom is 0.0306 e. The molecule has 0 aromatic heterocycles. The molecule has 0 aliphatic rings. The fourth-order valence-electron chi connectivity index (χ4n) is 1.94. The monoisotopic (exact) mass is 295 g/mol. The van der Waals surface area contributed by atoms with Crippen LogP contribution in [0.2, 0.25) is 0 Å². The summed E-state index contributed by atoms with van der Waals surface area (Å²) in [7, 11) is 0. The van der Waals surface area contributed by atoms with Crippen molar-refractivity contribution in [1.29, 1.82) is 0 Å². The Morgan fingerprint density at radius 3 is 2.82 bits per heavy atom. The summed E-state index contributed by atoms with van der Waals surface area (Å²) < 4.78 is 1.17. The number of hydrogen-bond acceptors (Lipinski definition) is 1. The van der Waals surface area contributed by atoms with Gasteiger partial charge in [0.25, 0.3) is 0 Å².